The van der Waals surface area contributed by atoms with Crippen molar-refractivity contribution in [3.8, 4) is 28.5 Å². The predicted octanol–water partition coefficient (Wildman–Crippen LogP) is 13.0. The first-order valence-corrected chi connectivity index (χ1v) is 23.6. The third-order valence-corrected chi connectivity index (χ3v) is 13.2. The summed E-state index contributed by atoms with van der Waals surface area (Å²) >= 11 is 0. The second kappa shape index (κ2) is 21.7. The van der Waals surface area contributed by atoms with Crippen LogP contribution in [0.3, 0.4) is 0 Å². The molecule has 0 atom stereocenters. The van der Waals surface area contributed by atoms with Gasteiger partial charge in [0.1, 0.15) is 36.3 Å². The number of benzene rings is 6. The summed E-state index contributed by atoms with van der Waals surface area (Å²) in [5.41, 5.74) is 11.7. The van der Waals surface area contributed by atoms with E-state index in [2.05, 4.69) is 139 Å². The van der Waals surface area contributed by atoms with Crippen LogP contribution >= 0.6 is 0 Å². The Morgan fingerprint density at radius 1 is 0.615 bits per heavy atom. The molecule has 0 spiro atoms. The quantitative estimate of drug-likeness (QED) is 0.0924. The lowest BCUT2D eigenvalue weighted by molar-refractivity contribution is 0.0806. The fourth-order valence-electron chi connectivity index (χ4n) is 9.35. The number of aromatic hydroxyl groups is 1. The largest absolute Gasteiger partial charge is 0.508 e. The van der Waals surface area contributed by atoms with E-state index in [9.17, 15) is 9.50 Å². The van der Waals surface area contributed by atoms with Crippen LogP contribution in [0.2, 0.25) is 0 Å². The van der Waals surface area contributed by atoms with Crippen molar-refractivity contribution < 1.29 is 19.0 Å². The van der Waals surface area contributed by atoms with E-state index in [1.165, 1.54) is 79.0 Å². The van der Waals surface area contributed by atoms with Gasteiger partial charge in [-0.15, -0.1) is 0 Å². The van der Waals surface area contributed by atoms with Crippen molar-refractivity contribution in [3.05, 3.63) is 185 Å². The average molecular weight is 870 g/mol. The summed E-state index contributed by atoms with van der Waals surface area (Å²) in [4.78, 5) is 4.92. The van der Waals surface area contributed by atoms with Crippen LogP contribution in [0, 0.1) is 24.6 Å². The van der Waals surface area contributed by atoms with E-state index in [-0.39, 0.29) is 11.6 Å². The summed E-state index contributed by atoms with van der Waals surface area (Å²) in [5.74, 6) is 3.56. The summed E-state index contributed by atoms with van der Waals surface area (Å²) in [6.45, 7) is 17.8. The van der Waals surface area contributed by atoms with Crippen LogP contribution in [0.1, 0.15) is 67.9 Å². The third kappa shape index (κ3) is 11.2. The van der Waals surface area contributed by atoms with Gasteiger partial charge in [0, 0.05) is 56.7 Å². The van der Waals surface area contributed by atoms with Gasteiger partial charge in [0.25, 0.3) is 0 Å². The maximum Gasteiger partial charge on any atom is 0.123 e. The number of nitrogens with zero attached hydrogens (tertiary/aromatic N) is 3. The number of hydrogen-bond donors (Lipinski definition) is 1. The number of fused-ring (bicyclic) bond motifs is 1. The summed E-state index contributed by atoms with van der Waals surface area (Å²) < 4.78 is 27.8. The molecule has 2 aliphatic heterocycles. The number of hydrogen-bond acceptors (Lipinski definition) is 5. The molecule has 1 N–H and O–H groups in total. The van der Waals surface area contributed by atoms with Crippen molar-refractivity contribution >= 4 is 22.0 Å². The molecular formula is C58H64FN3O3. The third-order valence-electron chi connectivity index (χ3n) is 13.2. The molecule has 7 heteroatoms. The Morgan fingerprint density at radius 2 is 1.14 bits per heavy atom. The number of phenolic OH excluding ortho intramolecular Hbond substituents is 1. The maximum absolute atomic E-state index is 13.6. The summed E-state index contributed by atoms with van der Waals surface area (Å²) in [6.07, 6.45) is 3.53. The van der Waals surface area contributed by atoms with Gasteiger partial charge in [-0.25, -0.2) is 4.39 Å². The average Bonchev–Trinajstić information content (AvgIpc) is 3.57. The molecule has 1 aromatic heterocycles. The minimum Gasteiger partial charge on any atom is -0.508 e. The van der Waals surface area contributed by atoms with E-state index >= 15 is 0 Å². The van der Waals surface area contributed by atoms with Crippen molar-refractivity contribution in [1.82, 2.24) is 14.4 Å². The van der Waals surface area contributed by atoms with Crippen LogP contribution in [0.15, 0.2) is 152 Å². The Morgan fingerprint density at radius 3 is 1.68 bits per heavy atom. The monoisotopic (exact) mass is 869 g/mol. The van der Waals surface area contributed by atoms with E-state index in [1.54, 1.807) is 12.1 Å². The second-order valence-electron chi connectivity index (χ2n) is 17.6. The molecule has 0 bridgehead atoms. The fraction of sp³-hybridized carbons (Fsp3) is 0.310. The first-order valence-electron chi connectivity index (χ1n) is 23.6. The van der Waals surface area contributed by atoms with Gasteiger partial charge >= 0.3 is 0 Å². The zero-order valence-electron chi connectivity index (χ0n) is 38.6. The highest BCUT2D eigenvalue weighted by Crippen LogP contribution is 2.37. The molecule has 3 heterocycles. The minimum atomic E-state index is -0.253. The lowest BCUT2D eigenvalue weighted by Gasteiger charge is -2.38. The molecule has 65 heavy (non-hydrogen) atoms. The molecule has 0 aliphatic carbocycles. The Balaban J connectivity index is 0.000000178. The van der Waals surface area contributed by atoms with Gasteiger partial charge in [0.05, 0.1) is 5.69 Å². The van der Waals surface area contributed by atoms with Crippen LogP contribution in [0.4, 0.5) is 4.39 Å². The fourth-order valence-corrected chi connectivity index (χ4v) is 9.35. The van der Waals surface area contributed by atoms with E-state index in [1.807, 2.05) is 30.3 Å². The van der Waals surface area contributed by atoms with Gasteiger partial charge < -0.3 is 19.1 Å². The van der Waals surface area contributed by atoms with Crippen LogP contribution < -0.4 is 9.47 Å². The number of aromatic nitrogens is 1. The molecular weight excluding hydrogens is 806 g/mol. The molecule has 336 valence electrons. The molecule has 0 radical (unpaired) electrons. The molecule has 0 unspecified atom stereocenters. The van der Waals surface area contributed by atoms with Gasteiger partial charge in [0.15, 0.2) is 0 Å². The normalized spacial score (nSPS) is 14.8. The number of allylic oxidation sites excluding steroid dienone is 1. The smallest absolute Gasteiger partial charge is 0.123 e. The first-order chi connectivity index (χ1) is 31.8. The number of phenols is 1. The van der Waals surface area contributed by atoms with Crippen molar-refractivity contribution in [2.24, 2.45) is 11.8 Å². The van der Waals surface area contributed by atoms with E-state index in [0.29, 0.717) is 13.2 Å². The highest BCUT2D eigenvalue weighted by atomic mass is 19.1. The number of likely N-dealkylation sites (tertiary alicyclic amines) is 2. The van der Waals surface area contributed by atoms with E-state index < -0.39 is 0 Å². The topological polar surface area (TPSA) is 50.1 Å². The SMILES string of the molecule is CC/C(=C(\c1ccccc1)c1ccc(OCCN2CC(CC)C2)cc1)c1ccccc1.CCC1CN(CCOc2ccc(Cn3c(-c4ccc(F)cc4)c(C)c4cc(O)ccc43)cc2)C1. The maximum atomic E-state index is 13.6. The molecule has 0 saturated carbocycles. The van der Waals surface area contributed by atoms with E-state index in [4.69, 9.17) is 9.47 Å². The number of rotatable bonds is 17. The van der Waals surface area contributed by atoms with Gasteiger partial charge in [-0.2, -0.15) is 0 Å². The number of aryl methyl sites for hydroxylation is 1. The minimum absolute atomic E-state index is 0.239. The number of ether oxygens (including phenoxy) is 2. The molecule has 6 nitrogen and oxygen atoms in total. The second-order valence-corrected chi connectivity index (χ2v) is 17.6. The highest BCUT2D eigenvalue weighted by molar-refractivity contribution is 5.98. The lowest BCUT2D eigenvalue weighted by Crippen LogP contribution is -2.47. The Kier molecular flexibility index (Phi) is 15.2. The van der Waals surface area contributed by atoms with Crippen LogP contribution in [0.25, 0.3) is 33.3 Å². The zero-order valence-corrected chi connectivity index (χ0v) is 38.6. The van der Waals surface area contributed by atoms with Gasteiger partial charge in [-0.1, -0.05) is 119 Å². The molecule has 2 saturated heterocycles. The Bertz CT molecular complexity index is 2610. The van der Waals surface area contributed by atoms with Gasteiger partial charge in [-0.05, 0) is 136 Å². The van der Waals surface area contributed by atoms with Crippen molar-refractivity contribution in [2.45, 2.75) is 53.5 Å². The van der Waals surface area contributed by atoms with Crippen LogP contribution in [-0.2, 0) is 6.54 Å². The van der Waals surface area contributed by atoms with E-state index in [0.717, 1.165) is 82.7 Å². The van der Waals surface area contributed by atoms with Crippen molar-refractivity contribution in [1.29, 1.82) is 0 Å². The number of halogens is 1. The summed E-state index contributed by atoms with van der Waals surface area (Å²) in [5, 5.41) is 11.1. The molecule has 7 aromatic rings. The Hall–Kier alpha value is -6.15. The first kappa shape index (κ1) is 45.4. The Labute approximate surface area is 385 Å². The van der Waals surface area contributed by atoms with Crippen molar-refractivity contribution in [3.63, 3.8) is 0 Å². The highest BCUT2D eigenvalue weighted by Gasteiger charge is 2.25. The molecule has 9 rings (SSSR count). The van der Waals surface area contributed by atoms with Crippen LogP contribution in [-0.4, -0.2) is 72.0 Å². The standard InChI is InChI=1S/C29H31FN2O2.C29H33NO/c1-3-21-17-31(18-21)14-15-34-26-11-4-22(5-12-26)19-32-28-13-10-25(33)16-27(28)20(2)29(32)23-6-8-24(30)9-7-23;1-3-23-21-30(22-23)19-20-31-27-17-15-26(16-18-27)29(25-13-9-6-10-14-25)28(4-2)24-11-7-5-8-12-24/h4-13,16,21,33H,3,14-15,17-19H2,1-2H3;5-18,23H,3-4,19-22H2,1-2H3/b;29-28-. The lowest BCUT2D eigenvalue weighted by atomic mass is 9.88. The van der Waals surface area contributed by atoms with Crippen LogP contribution in [0.5, 0.6) is 17.2 Å². The summed E-state index contributed by atoms with van der Waals surface area (Å²) in [6, 6.07) is 50.4. The predicted molar refractivity (Wildman–Crippen MR) is 266 cm³/mol. The molecule has 6 aromatic carbocycles. The van der Waals surface area contributed by atoms with Crippen molar-refractivity contribution in [2.75, 3.05) is 52.5 Å². The van der Waals surface area contributed by atoms with Gasteiger partial charge in [0.2, 0.25) is 0 Å². The molecule has 2 fully saturated rings. The molecule has 0 amide bonds. The van der Waals surface area contributed by atoms with Gasteiger partial charge in [-0.3, -0.25) is 9.80 Å². The molecule has 2 aliphatic rings. The zero-order chi connectivity index (χ0) is 45.1. The summed E-state index contributed by atoms with van der Waals surface area (Å²) in [7, 11) is 0.